The standard InChI is InChI=1S/C9H15N3O2S/c13-15(14,9-4-2-1-3-5-9)12-8-6-10-11-7-8/h6-7,9,12H,1-5H2,(H,10,11). The Morgan fingerprint density at radius 2 is 2.07 bits per heavy atom. The van der Waals surface area contributed by atoms with Gasteiger partial charge < -0.3 is 0 Å². The van der Waals surface area contributed by atoms with E-state index in [1.165, 1.54) is 6.20 Å². The predicted molar refractivity (Wildman–Crippen MR) is 58.0 cm³/mol. The fourth-order valence-electron chi connectivity index (χ4n) is 1.93. The van der Waals surface area contributed by atoms with Gasteiger partial charge in [0.05, 0.1) is 17.1 Å². The second-order valence-corrected chi connectivity index (χ2v) is 5.85. The van der Waals surface area contributed by atoms with Gasteiger partial charge >= 0.3 is 0 Å². The second-order valence-electron chi connectivity index (χ2n) is 3.89. The minimum atomic E-state index is -3.22. The van der Waals surface area contributed by atoms with E-state index >= 15 is 0 Å². The third kappa shape index (κ3) is 2.50. The highest BCUT2D eigenvalue weighted by Crippen LogP contribution is 2.24. The molecule has 0 spiro atoms. The van der Waals surface area contributed by atoms with Crippen molar-refractivity contribution in [1.82, 2.24) is 10.2 Å². The van der Waals surface area contributed by atoms with E-state index in [4.69, 9.17) is 0 Å². The van der Waals surface area contributed by atoms with Crippen LogP contribution < -0.4 is 4.72 Å². The molecule has 0 atom stereocenters. The Kier molecular flexibility index (Phi) is 2.95. The molecule has 0 aromatic carbocycles. The molecule has 5 nitrogen and oxygen atoms in total. The largest absolute Gasteiger partial charge is 0.284 e. The number of hydrogen-bond acceptors (Lipinski definition) is 3. The first kappa shape index (κ1) is 10.5. The van der Waals surface area contributed by atoms with E-state index in [0.717, 1.165) is 32.1 Å². The number of nitrogens with one attached hydrogen (secondary N) is 2. The van der Waals surface area contributed by atoms with Crippen molar-refractivity contribution in [3.63, 3.8) is 0 Å². The fourth-order valence-corrected chi connectivity index (χ4v) is 3.49. The lowest BCUT2D eigenvalue weighted by molar-refractivity contribution is 0.486. The van der Waals surface area contributed by atoms with Crippen molar-refractivity contribution in [1.29, 1.82) is 0 Å². The molecule has 1 aliphatic rings. The molecule has 6 heteroatoms. The Balaban J connectivity index is 2.05. The van der Waals surface area contributed by atoms with Crippen LogP contribution in [0.1, 0.15) is 32.1 Å². The SMILES string of the molecule is O=S(=O)(Nc1cn[nH]c1)C1CCCCC1. The van der Waals surface area contributed by atoms with Crippen molar-refractivity contribution in [2.45, 2.75) is 37.4 Å². The molecule has 2 N–H and O–H groups in total. The van der Waals surface area contributed by atoms with Crippen LogP contribution in [-0.4, -0.2) is 23.9 Å². The molecule has 1 aromatic heterocycles. The Hall–Kier alpha value is -1.04. The van der Waals surface area contributed by atoms with Gasteiger partial charge in [-0.15, -0.1) is 0 Å². The van der Waals surface area contributed by atoms with Crippen LogP contribution in [0.4, 0.5) is 5.69 Å². The molecular weight excluding hydrogens is 214 g/mol. The van der Waals surface area contributed by atoms with Crippen LogP contribution in [0.3, 0.4) is 0 Å². The maximum atomic E-state index is 11.9. The second kappa shape index (κ2) is 4.22. The van der Waals surface area contributed by atoms with Crippen molar-refractivity contribution < 1.29 is 8.42 Å². The van der Waals surface area contributed by atoms with Gasteiger partial charge in [0, 0.05) is 6.20 Å². The summed E-state index contributed by atoms with van der Waals surface area (Å²) in [7, 11) is -3.22. The van der Waals surface area contributed by atoms with E-state index in [1.807, 2.05) is 0 Å². The first-order valence-corrected chi connectivity index (χ1v) is 6.73. The Morgan fingerprint density at radius 3 is 2.67 bits per heavy atom. The number of nitrogens with zero attached hydrogens (tertiary/aromatic N) is 1. The van der Waals surface area contributed by atoms with Gasteiger partial charge in [0.2, 0.25) is 10.0 Å². The number of aromatic nitrogens is 2. The highest BCUT2D eigenvalue weighted by Gasteiger charge is 2.27. The zero-order valence-corrected chi connectivity index (χ0v) is 9.26. The highest BCUT2D eigenvalue weighted by atomic mass is 32.2. The van der Waals surface area contributed by atoms with Crippen LogP contribution in [0, 0.1) is 0 Å². The Labute approximate surface area is 89.3 Å². The molecule has 1 aromatic rings. The molecule has 1 aliphatic carbocycles. The van der Waals surface area contributed by atoms with Gasteiger partial charge in [-0.1, -0.05) is 19.3 Å². The molecule has 0 aliphatic heterocycles. The van der Waals surface area contributed by atoms with E-state index in [9.17, 15) is 8.42 Å². The summed E-state index contributed by atoms with van der Waals surface area (Å²) in [5.74, 6) is 0. The number of anilines is 1. The number of H-pyrrole nitrogens is 1. The summed E-state index contributed by atoms with van der Waals surface area (Å²) in [4.78, 5) is 0. The van der Waals surface area contributed by atoms with Gasteiger partial charge in [-0.25, -0.2) is 8.42 Å². The van der Waals surface area contributed by atoms with Gasteiger partial charge in [0.15, 0.2) is 0 Å². The summed E-state index contributed by atoms with van der Waals surface area (Å²) in [6.07, 6.45) is 7.73. The van der Waals surface area contributed by atoms with E-state index in [1.54, 1.807) is 6.20 Å². The summed E-state index contributed by atoms with van der Waals surface area (Å²) in [5.41, 5.74) is 0.514. The maximum absolute atomic E-state index is 11.9. The lowest BCUT2D eigenvalue weighted by Gasteiger charge is -2.21. The number of sulfonamides is 1. The maximum Gasteiger partial charge on any atom is 0.235 e. The Bertz CT molecular complexity index is 393. The van der Waals surface area contributed by atoms with Gasteiger partial charge in [0.25, 0.3) is 0 Å². The van der Waals surface area contributed by atoms with Crippen molar-refractivity contribution in [2.75, 3.05) is 4.72 Å². The normalized spacial score (nSPS) is 18.9. The summed E-state index contributed by atoms with van der Waals surface area (Å²) >= 11 is 0. The first-order chi connectivity index (χ1) is 7.18. The molecular formula is C9H15N3O2S. The van der Waals surface area contributed by atoms with Gasteiger partial charge in [-0.2, -0.15) is 5.10 Å². The minimum absolute atomic E-state index is 0.235. The molecule has 2 rings (SSSR count). The van der Waals surface area contributed by atoms with Crippen LogP contribution in [0.25, 0.3) is 0 Å². The van der Waals surface area contributed by atoms with Crippen LogP contribution >= 0.6 is 0 Å². The molecule has 0 bridgehead atoms. The lowest BCUT2D eigenvalue weighted by atomic mass is 10.0. The molecule has 0 radical (unpaired) electrons. The summed E-state index contributed by atoms with van der Waals surface area (Å²) in [5, 5.41) is 6.04. The minimum Gasteiger partial charge on any atom is -0.284 e. The quantitative estimate of drug-likeness (QED) is 0.824. The summed E-state index contributed by atoms with van der Waals surface area (Å²) in [6, 6.07) is 0. The third-order valence-corrected chi connectivity index (χ3v) is 4.62. The number of aromatic amines is 1. The molecule has 0 saturated heterocycles. The predicted octanol–water partition coefficient (Wildman–Crippen LogP) is 1.48. The van der Waals surface area contributed by atoms with Gasteiger partial charge in [-0.05, 0) is 12.8 Å². The van der Waals surface area contributed by atoms with Crippen molar-refractivity contribution in [3.8, 4) is 0 Å². The smallest absolute Gasteiger partial charge is 0.235 e. The van der Waals surface area contributed by atoms with Gasteiger partial charge in [0.1, 0.15) is 0 Å². The van der Waals surface area contributed by atoms with Crippen molar-refractivity contribution >= 4 is 15.7 Å². The molecule has 0 unspecified atom stereocenters. The van der Waals surface area contributed by atoms with E-state index in [-0.39, 0.29) is 5.25 Å². The molecule has 84 valence electrons. The van der Waals surface area contributed by atoms with Crippen LogP contribution in [-0.2, 0) is 10.0 Å². The highest BCUT2D eigenvalue weighted by molar-refractivity contribution is 7.93. The Morgan fingerprint density at radius 1 is 1.33 bits per heavy atom. The number of rotatable bonds is 3. The summed E-state index contributed by atoms with van der Waals surface area (Å²) < 4.78 is 26.3. The molecule has 1 heterocycles. The molecule has 1 fully saturated rings. The lowest BCUT2D eigenvalue weighted by Crippen LogP contribution is -2.29. The van der Waals surface area contributed by atoms with Crippen molar-refractivity contribution in [3.05, 3.63) is 12.4 Å². The van der Waals surface area contributed by atoms with Crippen LogP contribution in [0.2, 0.25) is 0 Å². The fraction of sp³-hybridized carbons (Fsp3) is 0.667. The molecule has 15 heavy (non-hydrogen) atoms. The van der Waals surface area contributed by atoms with E-state index < -0.39 is 10.0 Å². The number of hydrogen-bond donors (Lipinski definition) is 2. The average molecular weight is 229 g/mol. The zero-order chi connectivity index (χ0) is 10.7. The average Bonchev–Trinajstić information content (AvgIpc) is 2.71. The third-order valence-electron chi connectivity index (χ3n) is 2.75. The summed E-state index contributed by atoms with van der Waals surface area (Å²) in [6.45, 7) is 0. The van der Waals surface area contributed by atoms with E-state index in [2.05, 4.69) is 14.9 Å². The molecule has 1 saturated carbocycles. The van der Waals surface area contributed by atoms with Crippen molar-refractivity contribution in [2.24, 2.45) is 0 Å². The topological polar surface area (TPSA) is 74.8 Å². The zero-order valence-electron chi connectivity index (χ0n) is 8.44. The monoisotopic (exact) mass is 229 g/mol. The first-order valence-electron chi connectivity index (χ1n) is 5.19. The van der Waals surface area contributed by atoms with E-state index in [0.29, 0.717) is 5.69 Å². The van der Waals surface area contributed by atoms with Crippen LogP contribution in [0.5, 0.6) is 0 Å². The molecule has 0 amide bonds. The van der Waals surface area contributed by atoms with Crippen LogP contribution in [0.15, 0.2) is 12.4 Å². The van der Waals surface area contributed by atoms with Gasteiger partial charge in [-0.3, -0.25) is 9.82 Å².